The van der Waals surface area contributed by atoms with Crippen LogP contribution in [0.4, 0.5) is 5.69 Å². The molecular formula is C8H11NO4. The van der Waals surface area contributed by atoms with E-state index in [0.29, 0.717) is 5.75 Å². The van der Waals surface area contributed by atoms with Crippen LogP contribution in [-0.2, 0) is 0 Å². The molecule has 0 bridgehead atoms. The van der Waals surface area contributed by atoms with Gasteiger partial charge in [-0.25, -0.2) is 0 Å². The molecule has 0 saturated heterocycles. The lowest BCUT2D eigenvalue weighted by molar-refractivity contribution is 0.0277. The van der Waals surface area contributed by atoms with Gasteiger partial charge < -0.3 is 9.47 Å². The van der Waals surface area contributed by atoms with Gasteiger partial charge in [-0.1, -0.05) is 6.07 Å². The first-order valence-corrected chi connectivity index (χ1v) is 3.59. The second-order valence-corrected chi connectivity index (χ2v) is 2.30. The zero-order chi connectivity index (χ0) is 9.84. The zero-order valence-electron chi connectivity index (χ0n) is 7.39. The van der Waals surface area contributed by atoms with Gasteiger partial charge in [0.1, 0.15) is 5.69 Å². The Kier molecular flexibility index (Phi) is 2.94. The summed E-state index contributed by atoms with van der Waals surface area (Å²) in [5, 5.41) is 17.6. The molecule has 72 valence electrons. The van der Waals surface area contributed by atoms with Crippen LogP contribution in [0.3, 0.4) is 0 Å². The minimum absolute atomic E-state index is 0.0125. The van der Waals surface area contributed by atoms with Crippen LogP contribution < -0.4 is 14.7 Å². The summed E-state index contributed by atoms with van der Waals surface area (Å²) < 4.78 is 9.90. The summed E-state index contributed by atoms with van der Waals surface area (Å²) in [7, 11) is 2.89. The highest BCUT2D eigenvalue weighted by Gasteiger charge is 2.12. The Labute approximate surface area is 75.6 Å². The predicted molar refractivity (Wildman–Crippen MR) is 45.6 cm³/mol. The summed E-state index contributed by atoms with van der Waals surface area (Å²) in [6, 6.07) is 4.77. The third-order valence-electron chi connectivity index (χ3n) is 1.60. The highest BCUT2D eigenvalue weighted by molar-refractivity contribution is 5.62. The molecule has 0 fully saturated rings. The Balaban J connectivity index is 3.19. The van der Waals surface area contributed by atoms with Gasteiger partial charge in [0, 0.05) is 0 Å². The Morgan fingerprint density at radius 2 is 1.85 bits per heavy atom. The highest BCUT2D eigenvalue weighted by Crippen LogP contribution is 2.35. The quantitative estimate of drug-likeness (QED) is 0.695. The van der Waals surface area contributed by atoms with Gasteiger partial charge in [-0.15, -0.1) is 5.23 Å². The number of rotatable bonds is 3. The number of hydrogen-bond acceptors (Lipinski definition) is 5. The molecule has 0 atom stereocenters. The lowest BCUT2D eigenvalue weighted by atomic mass is 10.3. The van der Waals surface area contributed by atoms with Crippen LogP contribution in [0.5, 0.6) is 11.5 Å². The van der Waals surface area contributed by atoms with Gasteiger partial charge >= 0.3 is 0 Å². The fourth-order valence-corrected chi connectivity index (χ4v) is 1.03. The van der Waals surface area contributed by atoms with Gasteiger partial charge in [0.2, 0.25) is 0 Å². The molecule has 2 N–H and O–H groups in total. The number of anilines is 1. The topological polar surface area (TPSA) is 62.2 Å². The van der Waals surface area contributed by atoms with E-state index in [1.807, 2.05) is 0 Å². The number of ether oxygens (including phenoxy) is 2. The average Bonchev–Trinajstić information content (AvgIpc) is 2.16. The smallest absolute Gasteiger partial charge is 0.189 e. The van der Waals surface area contributed by atoms with E-state index in [9.17, 15) is 0 Å². The second-order valence-electron chi connectivity index (χ2n) is 2.30. The summed E-state index contributed by atoms with van der Waals surface area (Å²) >= 11 is 0. The van der Waals surface area contributed by atoms with Crippen LogP contribution in [0.15, 0.2) is 18.2 Å². The van der Waals surface area contributed by atoms with Crippen molar-refractivity contribution >= 4 is 5.69 Å². The maximum Gasteiger partial charge on any atom is 0.189 e. The monoisotopic (exact) mass is 185 g/mol. The normalized spacial score (nSPS) is 9.54. The minimum atomic E-state index is -0.0125. The van der Waals surface area contributed by atoms with E-state index in [4.69, 9.17) is 19.9 Å². The fraction of sp³-hybridized carbons (Fsp3) is 0.250. The summed E-state index contributed by atoms with van der Waals surface area (Å²) in [5.74, 6) is 0.711. The third kappa shape index (κ3) is 1.82. The Hall–Kier alpha value is -1.46. The molecule has 0 aliphatic carbocycles. The van der Waals surface area contributed by atoms with Crippen molar-refractivity contribution in [3.8, 4) is 11.5 Å². The molecule has 0 amide bonds. The molecule has 1 aromatic carbocycles. The van der Waals surface area contributed by atoms with E-state index >= 15 is 0 Å². The Morgan fingerprint density at radius 3 is 2.31 bits per heavy atom. The van der Waals surface area contributed by atoms with Crippen LogP contribution >= 0.6 is 0 Å². The summed E-state index contributed by atoms with van der Waals surface area (Å²) in [6.45, 7) is 0. The number of nitrogens with zero attached hydrogens (tertiary/aromatic N) is 1. The van der Waals surface area contributed by atoms with Crippen molar-refractivity contribution in [2.24, 2.45) is 0 Å². The van der Waals surface area contributed by atoms with Crippen LogP contribution in [-0.4, -0.2) is 24.6 Å². The van der Waals surface area contributed by atoms with Crippen LogP contribution in [0.25, 0.3) is 0 Å². The third-order valence-corrected chi connectivity index (χ3v) is 1.60. The van der Waals surface area contributed by atoms with Crippen LogP contribution in [0, 0.1) is 0 Å². The van der Waals surface area contributed by atoms with Crippen molar-refractivity contribution in [2.75, 3.05) is 19.4 Å². The standard InChI is InChI=1S/C8H11NO4/c1-12-7-5-3-4-6(9(10)11)8(7)13-2/h3-5,10-11H,1-2H3. The van der Waals surface area contributed by atoms with E-state index in [2.05, 4.69) is 0 Å². The van der Waals surface area contributed by atoms with Gasteiger partial charge in [-0.2, -0.15) is 0 Å². The van der Waals surface area contributed by atoms with E-state index in [-0.39, 0.29) is 16.7 Å². The van der Waals surface area contributed by atoms with Crippen LogP contribution in [0.2, 0.25) is 0 Å². The maximum atomic E-state index is 8.81. The van der Waals surface area contributed by atoms with Gasteiger partial charge in [0.25, 0.3) is 0 Å². The van der Waals surface area contributed by atoms with E-state index in [1.54, 1.807) is 12.1 Å². The molecule has 0 saturated carbocycles. The average molecular weight is 185 g/mol. The van der Waals surface area contributed by atoms with Crippen molar-refractivity contribution in [3.05, 3.63) is 18.2 Å². The lowest BCUT2D eigenvalue weighted by Crippen LogP contribution is -2.12. The van der Waals surface area contributed by atoms with E-state index < -0.39 is 0 Å². The predicted octanol–water partition coefficient (Wildman–Crippen LogP) is 1.29. The maximum absolute atomic E-state index is 8.81. The molecule has 0 aliphatic rings. The van der Waals surface area contributed by atoms with Crippen molar-refractivity contribution in [1.82, 2.24) is 0 Å². The zero-order valence-corrected chi connectivity index (χ0v) is 7.39. The number of hydrogen-bond donors (Lipinski definition) is 2. The first kappa shape index (κ1) is 9.63. The van der Waals surface area contributed by atoms with Crippen LogP contribution in [0.1, 0.15) is 0 Å². The van der Waals surface area contributed by atoms with Crippen molar-refractivity contribution in [1.29, 1.82) is 0 Å². The highest BCUT2D eigenvalue weighted by atomic mass is 16.8. The summed E-state index contributed by atoms with van der Waals surface area (Å²) in [6.07, 6.45) is 0. The largest absolute Gasteiger partial charge is 0.493 e. The molecule has 0 unspecified atom stereocenters. The molecule has 0 spiro atoms. The Bertz CT molecular complexity index is 287. The molecule has 1 rings (SSSR count). The van der Waals surface area contributed by atoms with E-state index in [0.717, 1.165) is 0 Å². The lowest BCUT2D eigenvalue weighted by Gasteiger charge is -2.14. The van der Waals surface area contributed by atoms with Gasteiger partial charge in [-0.05, 0) is 12.1 Å². The summed E-state index contributed by atoms with van der Waals surface area (Å²) in [5.41, 5.74) is 0.127. The van der Waals surface area contributed by atoms with E-state index in [1.165, 1.54) is 20.3 Å². The molecule has 5 nitrogen and oxygen atoms in total. The Morgan fingerprint density at radius 1 is 1.15 bits per heavy atom. The first-order chi connectivity index (χ1) is 6.20. The number of methoxy groups -OCH3 is 2. The van der Waals surface area contributed by atoms with Gasteiger partial charge in [0.05, 0.1) is 14.2 Å². The van der Waals surface area contributed by atoms with Gasteiger partial charge in [0.15, 0.2) is 11.5 Å². The minimum Gasteiger partial charge on any atom is -0.493 e. The molecule has 0 radical (unpaired) electrons. The van der Waals surface area contributed by atoms with Gasteiger partial charge in [-0.3, -0.25) is 10.4 Å². The molecular weight excluding hydrogens is 174 g/mol. The van der Waals surface area contributed by atoms with Crippen molar-refractivity contribution in [3.63, 3.8) is 0 Å². The van der Waals surface area contributed by atoms with Crippen molar-refractivity contribution < 1.29 is 19.9 Å². The fourth-order valence-electron chi connectivity index (χ4n) is 1.03. The SMILES string of the molecule is COc1cccc(N(O)O)c1OC. The molecule has 0 heterocycles. The number of benzene rings is 1. The summed E-state index contributed by atoms with van der Waals surface area (Å²) in [4.78, 5) is 0. The molecule has 5 heteroatoms. The molecule has 0 aromatic heterocycles. The molecule has 13 heavy (non-hydrogen) atoms. The second kappa shape index (κ2) is 3.97. The molecule has 1 aromatic rings. The molecule has 0 aliphatic heterocycles. The van der Waals surface area contributed by atoms with Crippen molar-refractivity contribution in [2.45, 2.75) is 0 Å². The first-order valence-electron chi connectivity index (χ1n) is 3.59. The number of para-hydroxylation sites is 1.